The van der Waals surface area contributed by atoms with Gasteiger partial charge in [-0.3, -0.25) is 4.79 Å². The van der Waals surface area contributed by atoms with Crippen LogP contribution in [-0.4, -0.2) is 43.1 Å². The van der Waals surface area contributed by atoms with Gasteiger partial charge in [-0.15, -0.1) is 0 Å². The van der Waals surface area contributed by atoms with Gasteiger partial charge in [0.25, 0.3) is 0 Å². The van der Waals surface area contributed by atoms with Gasteiger partial charge in [0.05, 0.1) is 19.1 Å². The topological polar surface area (TPSA) is 70.7 Å². The van der Waals surface area contributed by atoms with E-state index in [9.17, 15) is 9.59 Å². The van der Waals surface area contributed by atoms with Crippen LogP contribution in [0.5, 0.6) is 5.75 Å². The molecule has 2 N–H and O–H groups in total. The molecule has 6 nitrogen and oxygen atoms in total. The Morgan fingerprint density at radius 2 is 1.77 bits per heavy atom. The Balaban J connectivity index is 1.59. The smallest absolute Gasteiger partial charge is 0.318 e. The molecule has 1 aliphatic rings. The van der Waals surface area contributed by atoms with Crippen LogP contribution >= 0.6 is 0 Å². The number of nitrogens with zero attached hydrogens (tertiary/aromatic N) is 1. The number of likely N-dealkylation sites (tertiary alicyclic amines) is 1. The predicted octanol–water partition coefficient (Wildman–Crippen LogP) is 3.93. The quantitative estimate of drug-likeness (QED) is 0.709. The largest absolute Gasteiger partial charge is 0.497 e. The Kier molecular flexibility index (Phi) is 7.93. The van der Waals surface area contributed by atoms with Crippen molar-refractivity contribution in [1.82, 2.24) is 15.5 Å². The number of hydrogen-bond acceptors (Lipinski definition) is 3. The number of benzene rings is 2. The summed E-state index contributed by atoms with van der Waals surface area (Å²) < 4.78 is 5.18. The first-order valence-corrected chi connectivity index (χ1v) is 11.0. The van der Waals surface area contributed by atoms with Gasteiger partial charge in [-0.2, -0.15) is 0 Å². The van der Waals surface area contributed by atoms with Crippen LogP contribution in [0, 0.1) is 5.92 Å². The molecule has 0 saturated carbocycles. The molecule has 2 atom stereocenters. The normalized spacial score (nSPS) is 18.5. The van der Waals surface area contributed by atoms with Crippen LogP contribution in [0.1, 0.15) is 43.9 Å². The first-order valence-electron chi connectivity index (χ1n) is 11.0. The molecule has 0 bridgehead atoms. The standard InChI is InChI=1S/C25H33N3O3/c1-18(2)27-25(30)28-17-21(11-14-23(28)20-7-5-4-6-8-20)24(29)26-16-15-19-9-12-22(31-3)13-10-19/h4-10,12-13,18,21,23H,11,14-17H2,1-3H3,(H,26,29)(H,27,30). The Morgan fingerprint density at radius 1 is 1.06 bits per heavy atom. The average Bonchev–Trinajstić information content (AvgIpc) is 2.79. The molecule has 2 aromatic rings. The lowest BCUT2D eigenvalue weighted by atomic mass is 9.88. The van der Waals surface area contributed by atoms with Crippen molar-refractivity contribution in [3.05, 3.63) is 65.7 Å². The third-order valence-electron chi connectivity index (χ3n) is 5.68. The maximum Gasteiger partial charge on any atom is 0.318 e. The van der Waals surface area contributed by atoms with E-state index >= 15 is 0 Å². The molecule has 2 unspecified atom stereocenters. The molecule has 166 valence electrons. The summed E-state index contributed by atoms with van der Waals surface area (Å²) in [7, 11) is 1.65. The monoisotopic (exact) mass is 423 g/mol. The minimum atomic E-state index is -0.200. The molecule has 2 aromatic carbocycles. The summed E-state index contributed by atoms with van der Waals surface area (Å²) in [6, 6.07) is 17.8. The number of carbonyl (C=O) groups excluding carboxylic acids is 2. The maximum atomic E-state index is 12.9. The van der Waals surface area contributed by atoms with E-state index in [4.69, 9.17) is 4.74 Å². The highest BCUT2D eigenvalue weighted by Gasteiger charge is 2.35. The Hall–Kier alpha value is -3.02. The van der Waals surface area contributed by atoms with Gasteiger partial charge in [0.2, 0.25) is 5.91 Å². The SMILES string of the molecule is COc1ccc(CCNC(=O)C2CCC(c3ccccc3)N(C(=O)NC(C)C)C2)cc1. The van der Waals surface area contributed by atoms with Crippen molar-refractivity contribution in [2.45, 2.75) is 45.2 Å². The molecule has 1 saturated heterocycles. The van der Waals surface area contributed by atoms with E-state index in [1.165, 1.54) is 0 Å². The summed E-state index contributed by atoms with van der Waals surface area (Å²) in [6.07, 6.45) is 2.29. The molecule has 1 fully saturated rings. The van der Waals surface area contributed by atoms with Crippen LogP contribution in [0.25, 0.3) is 0 Å². The number of carbonyl (C=O) groups is 2. The highest BCUT2D eigenvalue weighted by atomic mass is 16.5. The molecule has 0 spiro atoms. The zero-order valence-electron chi connectivity index (χ0n) is 18.6. The summed E-state index contributed by atoms with van der Waals surface area (Å²) in [5.41, 5.74) is 2.26. The molecule has 1 heterocycles. The van der Waals surface area contributed by atoms with Crippen molar-refractivity contribution in [2.75, 3.05) is 20.2 Å². The van der Waals surface area contributed by atoms with Crippen LogP contribution in [0.4, 0.5) is 4.79 Å². The second kappa shape index (κ2) is 10.8. The fourth-order valence-corrected chi connectivity index (χ4v) is 4.03. The zero-order valence-corrected chi connectivity index (χ0v) is 18.6. The summed E-state index contributed by atoms with van der Waals surface area (Å²) in [5.74, 6) is 0.638. The van der Waals surface area contributed by atoms with Crippen molar-refractivity contribution < 1.29 is 14.3 Å². The molecule has 0 radical (unpaired) electrons. The maximum absolute atomic E-state index is 12.9. The van der Waals surface area contributed by atoms with Crippen molar-refractivity contribution in [1.29, 1.82) is 0 Å². The van der Waals surface area contributed by atoms with Gasteiger partial charge < -0.3 is 20.3 Å². The van der Waals surface area contributed by atoms with Crippen molar-refractivity contribution >= 4 is 11.9 Å². The number of nitrogens with one attached hydrogen (secondary N) is 2. The molecule has 0 aliphatic carbocycles. The van der Waals surface area contributed by atoms with Gasteiger partial charge in [0.1, 0.15) is 5.75 Å². The Bertz CT molecular complexity index is 852. The number of rotatable bonds is 7. The van der Waals surface area contributed by atoms with Gasteiger partial charge in [-0.25, -0.2) is 4.79 Å². The van der Waals surface area contributed by atoms with Crippen molar-refractivity contribution in [3.63, 3.8) is 0 Å². The van der Waals surface area contributed by atoms with Crippen molar-refractivity contribution in [2.24, 2.45) is 5.92 Å². The fourth-order valence-electron chi connectivity index (χ4n) is 4.03. The van der Waals surface area contributed by atoms with Gasteiger partial charge >= 0.3 is 6.03 Å². The lowest BCUT2D eigenvalue weighted by Crippen LogP contribution is -2.51. The summed E-state index contributed by atoms with van der Waals surface area (Å²) in [5, 5.41) is 6.05. The second-order valence-corrected chi connectivity index (χ2v) is 8.35. The third kappa shape index (κ3) is 6.23. The van der Waals surface area contributed by atoms with Gasteiger partial charge in [0.15, 0.2) is 0 Å². The van der Waals surface area contributed by atoms with Crippen LogP contribution in [0.3, 0.4) is 0 Å². The van der Waals surface area contributed by atoms with E-state index in [1.807, 2.05) is 61.2 Å². The number of methoxy groups -OCH3 is 1. The first-order chi connectivity index (χ1) is 15.0. The average molecular weight is 424 g/mol. The first kappa shape index (κ1) is 22.7. The summed E-state index contributed by atoms with van der Waals surface area (Å²) in [6.45, 7) is 4.89. The van der Waals surface area contributed by atoms with Crippen LogP contribution in [0.15, 0.2) is 54.6 Å². The molecular formula is C25H33N3O3. The Morgan fingerprint density at radius 3 is 2.42 bits per heavy atom. The van der Waals surface area contributed by atoms with Crippen LogP contribution < -0.4 is 15.4 Å². The van der Waals surface area contributed by atoms with Gasteiger partial charge in [0, 0.05) is 19.1 Å². The van der Waals surface area contributed by atoms with E-state index in [-0.39, 0.29) is 29.9 Å². The highest BCUT2D eigenvalue weighted by Crippen LogP contribution is 2.33. The lowest BCUT2D eigenvalue weighted by molar-refractivity contribution is -0.126. The lowest BCUT2D eigenvalue weighted by Gasteiger charge is -2.39. The van der Waals surface area contributed by atoms with E-state index < -0.39 is 0 Å². The third-order valence-corrected chi connectivity index (χ3v) is 5.68. The minimum absolute atomic E-state index is 0.0108. The highest BCUT2D eigenvalue weighted by molar-refractivity contribution is 5.81. The van der Waals surface area contributed by atoms with Crippen LogP contribution in [0.2, 0.25) is 0 Å². The van der Waals surface area contributed by atoms with E-state index in [0.717, 1.165) is 36.1 Å². The predicted molar refractivity (Wildman–Crippen MR) is 122 cm³/mol. The summed E-state index contributed by atoms with van der Waals surface area (Å²) >= 11 is 0. The number of ether oxygens (including phenoxy) is 1. The van der Waals surface area contributed by atoms with E-state index in [2.05, 4.69) is 22.8 Å². The minimum Gasteiger partial charge on any atom is -0.497 e. The molecule has 3 rings (SSSR count). The number of amides is 3. The van der Waals surface area contributed by atoms with E-state index in [0.29, 0.717) is 13.1 Å². The van der Waals surface area contributed by atoms with E-state index in [1.54, 1.807) is 7.11 Å². The zero-order chi connectivity index (χ0) is 22.2. The molecule has 6 heteroatoms. The molecule has 0 aromatic heterocycles. The molecule has 1 aliphatic heterocycles. The Labute approximate surface area is 185 Å². The molecule has 3 amide bonds. The number of urea groups is 1. The molecule has 31 heavy (non-hydrogen) atoms. The number of piperidine rings is 1. The van der Waals surface area contributed by atoms with Crippen LogP contribution in [-0.2, 0) is 11.2 Å². The van der Waals surface area contributed by atoms with Gasteiger partial charge in [-0.05, 0) is 56.4 Å². The van der Waals surface area contributed by atoms with Gasteiger partial charge in [-0.1, -0.05) is 42.5 Å². The number of hydrogen-bond donors (Lipinski definition) is 2. The second-order valence-electron chi connectivity index (χ2n) is 8.35. The van der Waals surface area contributed by atoms with Crippen molar-refractivity contribution in [3.8, 4) is 5.75 Å². The fraction of sp³-hybridized carbons (Fsp3) is 0.440. The summed E-state index contributed by atoms with van der Waals surface area (Å²) in [4.78, 5) is 27.5. The molecular weight excluding hydrogens is 390 g/mol.